The molecule has 0 saturated heterocycles. The van der Waals surface area contributed by atoms with Crippen molar-refractivity contribution in [2.45, 2.75) is 5.03 Å². The molecule has 0 bridgehead atoms. The molecule has 3 aromatic rings. The second kappa shape index (κ2) is 8.48. The SMILES string of the molecule is N#Cc1ccc(-c2ccccn2)nc1SCC(=O)Nc1ccccc1Cl. The number of rotatable bonds is 5. The lowest BCUT2D eigenvalue weighted by atomic mass is 10.2. The maximum Gasteiger partial charge on any atom is 0.234 e. The van der Waals surface area contributed by atoms with Crippen LogP contribution in [0.5, 0.6) is 0 Å². The molecule has 7 heteroatoms. The Hall–Kier alpha value is -2.88. The van der Waals surface area contributed by atoms with Gasteiger partial charge in [0.1, 0.15) is 11.1 Å². The number of carbonyl (C=O) groups is 1. The standard InChI is InChI=1S/C19H13ClN4OS/c20-14-5-1-2-6-15(14)23-18(25)12-26-19-13(11-21)8-9-17(24-19)16-7-3-4-10-22-16/h1-10H,12H2,(H,23,25). The highest BCUT2D eigenvalue weighted by Gasteiger charge is 2.12. The quantitative estimate of drug-likeness (QED) is 0.663. The number of pyridine rings is 2. The van der Waals surface area contributed by atoms with Gasteiger partial charge >= 0.3 is 0 Å². The van der Waals surface area contributed by atoms with E-state index >= 15 is 0 Å². The first kappa shape index (κ1) is 17.9. The third kappa shape index (κ3) is 4.39. The van der Waals surface area contributed by atoms with Crippen molar-refractivity contribution < 1.29 is 4.79 Å². The first-order valence-corrected chi connectivity index (χ1v) is 9.03. The van der Waals surface area contributed by atoms with E-state index in [1.54, 1.807) is 42.6 Å². The van der Waals surface area contributed by atoms with E-state index in [0.717, 1.165) is 0 Å². The van der Waals surface area contributed by atoms with Gasteiger partial charge in [-0.15, -0.1) is 0 Å². The fraction of sp³-hybridized carbons (Fsp3) is 0.0526. The molecule has 0 aliphatic carbocycles. The number of nitrogens with zero attached hydrogens (tertiary/aromatic N) is 3. The number of halogens is 1. The van der Waals surface area contributed by atoms with Crippen LogP contribution in [0.25, 0.3) is 11.4 Å². The molecular weight excluding hydrogens is 368 g/mol. The van der Waals surface area contributed by atoms with E-state index in [-0.39, 0.29) is 11.7 Å². The minimum absolute atomic E-state index is 0.110. The molecule has 128 valence electrons. The number of aromatic nitrogens is 2. The molecule has 0 aliphatic rings. The van der Waals surface area contributed by atoms with Crippen molar-refractivity contribution in [3.63, 3.8) is 0 Å². The average Bonchev–Trinajstić information content (AvgIpc) is 2.68. The molecule has 26 heavy (non-hydrogen) atoms. The van der Waals surface area contributed by atoms with Gasteiger partial charge in [0.2, 0.25) is 5.91 Å². The predicted octanol–water partition coefficient (Wildman–Crippen LogP) is 4.40. The van der Waals surface area contributed by atoms with Crippen LogP contribution in [0.2, 0.25) is 5.02 Å². The Kier molecular flexibility index (Phi) is 5.84. The molecule has 0 fully saturated rings. The van der Waals surface area contributed by atoms with Gasteiger partial charge < -0.3 is 5.32 Å². The number of nitriles is 1. The molecule has 0 unspecified atom stereocenters. The van der Waals surface area contributed by atoms with Crippen LogP contribution in [-0.4, -0.2) is 21.6 Å². The van der Waals surface area contributed by atoms with Crippen LogP contribution < -0.4 is 5.32 Å². The summed E-state index contributed by atoms with van der Waals surface area (Å²) in [7, 11) is 0. The van der Waals surface area contributed by atoms with E-state index in [1.807, 2.05) is 18.2 Å². The van der Waals surface area contributed by atoms with Crippen LogP contribution in [0, 0.1) is 11.3 Å². The van der Waals surface area contributed by atoms with Crippen molar-refractivity contribution in [2.24, 2.45) is 0 Å². The van der Waals surface area contributed by atoms with Crippen LogP contribution in [0.1, 0.15) is 5.56 Å². The first-order chi connectivity index (χ1) is 12.7. The highest BCUT2D eigenvalue weighted by molar-refractivity contribution is 8.00. The lowest BCUT2D eigenvalue weighted by Gasteiger charge is -2.08. The van der Waals surface area contributed by atoms with Crippen LogP contribution in [0.4, 0.5) is 5.69 Å². The number of nitrogens with one attached hydrogen (secondary N) is 1. The van der Waals surface area contributed by atoms with Crippen molar-refractivity contribution >= 4 is 35.0 Å². The fourth-order valence-electron chi connectivity index (χ4n) is 2.18. The smallest absolute Gasteiger partial charge is 0.234 e. The molecule has 0 saturated carbocycles. The number of amides is 1. The van der Waals surface area contributed by atoms with E-state index in [9.17, 15) is 10.1 Å². The van der Waals surface area contributed by atoms with E-state index in [0.29, 0.717) is 32.7 Å². The molecule has 1 N–H and O–H groups in total. The second-order valence-electron chi connectivity index (χ2n) is 5.19. The zero-order chi connectivity index (χ0) is 18.4. The van der Waals surface area contributed by atoms with E-state index in [2.05, 4.69) is 21.4 Å². The molecule has 5 nitrogen and oxygen atoms in total. The molecule has 0 atom stereocenters. The van der Waals surface area contributed by atoms with Gasteiger partial charge in [-0.25, -0.2) is 4.98 Å². The normalized spacial score (nSPS) is 10.2. The Balaban J connectivity index is 1.73. The Morgan fingerprint density at radius 1 is 1.12 bits per heavy atom. The van der Waals surface area contributed by atoms with Crippen molar-refractivity contribution in [1.29, 1.82) is 5.26 Å². The molecule has 1 aromatic carbocycles. The predicted molar refractivity (Wildman–Crippen MR) is 103 cm³/mol. The Morgan fingerprint density at radius 3 is 2.65 bits per heavy atom. The monoisotopic (exact) mass is 380 g/mol. The third-order valence-corrected chi connectivity index (χ3v) is 4.72. The van der Waals surface area contributed by atoms with Crippen molar-refractivity contribution in [3.8, 4) is 17.5 Å². The number of para-hydroxylation sites is 1. The number of benzene rings is 1. The summed E-state index contributed by atoms with van der Waals surface area (Å²) in [5.74, 6) is -0.115. The zero-order valence-corrected chi connectivity index (χ0v) is 15.1. The lowest BCUT2D eigenvalue weighted by Crippen LogP contribution is -2.14. The number of anilines is 1. The van der Waals surface area contributed by atoms with Gasteiger partial charge in [-0.2, -0.15) is 5.26 Å². The lowest BCUT2D eigenvalue weighted by molar-refractivity contribution is -0.113. The van der Waals surface area contributed by atoms with Gasteiger partial charge in [-0.3, -0.25) is 9.78 Å². The van der Waals surface area contributed by atoms with Crippen LogP contribution in [0.15, 0.2) is 65.8 Å². The zero-order valence-electron chi connectivity index (χ0n) is 13.5. The van der Waals surface area contributed by atoms with Crippen molar-refractivity contribution in [2.75, 3.05) is 11.1 Å². The number of thioether (sulfide) groups is 1. The summed E-state index contributed by atoms with van der Waals surface area (Å²) in [6.45, 7) is 0. The van der Waals surface area contributed by atoms with E-state index in [4.69, 9.17) is 11.6 Å². The van der Waals surface area contributed by atoms with Crippen LogP contribution in [0.3, 0.4) is 0 Å². The number of hydrogen-bond donors (Lipinski definition) is 1. The van der Waals surface area contributed by atoms with Gasteiger partial charge in [0, 0.05) is 6.20 Å². The van der Waals surface area contributed by atoms with Crippen LogP contribution in [-0.2, 0) is 4.79 Å². The molecule has 0 aliphatic heterocycles. The minimum Gasteiger partial charge on any atom is -0.324 e. The van der Waals surface area contributed by atoms with Crippen LogP contribution >= 0.6 is 23.4 Å². The summed E-state index contributed by atoms with van der Waals surface area (Å²) in [6, 6.07) is 18.1. The summed E-state index contributed by atoms with van der Waals surface area (Å²) < 4.78 is 0. The minimum atomic E-state index is -0.225. The summed E-state index contributed by atoms with van der Waals surface area (Å²) >= 11 is 7.24. The molecule has 2 heterocycles. The Bertz CT molecular complexity index is 973. The largest absolute Gasteiger partial charge is 0.324 e. The molecule has 1 amide bonds. The molecule has 2 aromatic heterocycles. The van der Waals surface area contributed by atoms with Gasteiger partial charge in [-0.1, -0.05) is 41.6 Å². The summed E-state index contributed by atoms with van der Waals surface area (Å²) in [5, 5.41) is 13.0. The summed E-state index contributed by atoms with van der Waals surface area (Å²) in [4.78, 5) is 20.9. The van der Waals surface area contributed by atoms with E-state index < -0.39 is 0 Å². The van der Waals surface area contributed by atoms with E-state index in [1.165, 1.54) is 11.8 Å². The van der Waals surface area contributed by atoms with Gasteiger partial charge in [-0.05, 0) is 36.4 Å². The van der Waals surface area contributed by atoms with Gasteiger partial charge in [0.25, 0.3) is 0 Å². The van der Waals surface area contributed by atoms with Crippen molar-refractivity contribution in [1.82, 2.24) is 9.97 Å². The highest BCUT2D eigenvalue weighted by Crippen LogP contribution is 2.25. The molecular formula is C19H13ClN4OS. The molecule has 3 rings (SSSR count). The maximum absolute atomic E-state index is 12.2. The first-order valence-electron chi connectivity index (χ1n) is 7.67. The summed E-state index contributed by atoms with van der Waals surface area (Å²) in [5.41, 5.74) is 2.33. The number of hydrogen-bond acceptors (Lipinski definition) is 5. The second-order valence-corrected chi connectivity index (χ2v) is 6.56. The average molecular weight is 381 g/mol. The Morgan fingerprint density at radius 2 is 1.92 bits per heavy atom. The third-order valence-electron chi connectivity index (χ3n) is 3.40. The summed E-state index contributed by atoms with van der Waals surface area (Å²) in [6.07, 6.45) is 1.68. The maximum atomic E-state index is 12.2. The Labute approximate surface area is 160 Å². The molecule has 0 spiro atoms. The van der Waals surface area contributed by atoms with Gasteiger partial charge in [0.05, 0.1) is 33.4 Å². The van der Waals surface area contributed by atoms with Crippen molar-refractivity contribution in [3.05, 3.63) is 71.4 Å². The fourth-order valence-corrected chi connectivity index (χ4v) is 3.13. The highest BCUT2D eigenvalue weighted by atomic mass is 35.5. The number of carbonyl (C=O) groups excluding carboxylic acids is 1. The molecule has 0 radical (unpaired) electrons. The van der Waals surface area contributed by atoms with Gasteiger partial charge in [0.15, 0.2) is 0 Å². The topological polar surface area (TPSA) is 78.7 Å².